The van der Waals surface area contributed by atoms with Crippen molar-refractivity contribution < 1.29 is 18.0 Å². The first-order valence-electron chi connectivity index (χ1n) is 15.9. The topological polar surface area (TPSA) is 95.6 Å². The Kier molecular flexibility index (Phi) is 11.5. The molecule has 1 atom stereocenters. The van der Waals surface area contributed by atoms with E-state index in [1.807, 2.05) is 42.5 Å². The summed E-state index contributed by atoms with van der Waals surface area (Å²) in [4.78, 5) is 29.8. The summed E-state index contributed by atoms with van der Waals surface area (Å²) in [6.07, 6.45) is 10.4. The monoisotopic (exact) mass is 647 g/mol. The van der Waals surface area contributed by atoms with Crippen LogP contribution in [0.1, 0.15) is 68.1 Å². The second kappa shape index (κ2) is 15.7. The van der Waals surface area contributed by atoms with E-state index in [1.165, 1.54) is 18.4 Å². The van der Waals surface area contributed by atoms with Gasteiger partial charge in [0, 0.05) is 37.0 Å². The van der Waals surface area contributed by atoms with Gasteiger partial charge in [0.25, 0.3) is 0 Å². The zero-order valence-electron chi connectivity index (χ0n) is 25.6. The van der Waals surface area contributed by atoms with Crippen molar-refractivity contribution >= 4 is 33.4 Å². The van der Waals surface area contributed by atoms with Crippen molar-refractivity contribution in [1.29, 1.82) is 0 Å². The van der Waals surface area contributed by atoms with Crippen molar-refractivity contribution in [3.8, 4) is 0 Å². The minimum Gasteiger partial charge on any atom is -0.354 e. The van der Waals surface area contributed by atoms with Crippen LogP contribution in [0.15, 0.2) is 95.4 Å². The Labute approximate surface area is 272 Å². The SMILES string of the molecule is O=C(NCCC1=CCCCC1)[C@@H](Cc1ccccc1)N(Cc1ccc(Cl)cc1)C(=O)CCc1ccc(S(=O)(=O)NC2CC2)cc1. The van der Waals surface area contributed by atoms with Crippen LogP contribution in [0.25, 0.3) is 0 Å². The molecular formula is C36H42ClN3O4S. The Hall–Kier alpha value is -3.46. The van der Waals surface area contributed by atoms with Gasteiger partial charge < -0.3 is 10.2 Å². The smallest absolute Gasteiger partial charge is 0.243 e. The molecule has 7 nitrogen and oxygen atoms in total. The molecule has 1 fully saturated rings. The molecule has 5 rings (SSSR count). The van der Waals surface area contributed by atoms with Crippen molar-refractivity contribution in [1.82, 2.24) is 14.9 Å². The summed E-state index contributed by atoms with van der Waals surface area (Å²) in [5.74, 6) is -0.321. The molecule has 1 saturated carbocycles. The van der Waals surface area contributed by atoms with Crippen LogP contribution in [0, 0.1) is 0 Å². The molecule has 0 unspecified atom stereocenters. The first kappa shape index (κ1) is 32.9. The molecule has 238 valence electrons. The van der Waals surface area contributed by atoms with Crippen LogP contribution in [0.4, 0.5) is 0 Å². The third-order valence-corrected chi connectivity index (χ3v) is 10.2. The molecule has 0 aromatic heterocycles. The van der Waals surface area contributed by atoms with Crippen LogP contribution >= 0.6 is 11.6 Å². The third-order valence-electron chi connectivity index (χ3n) is 8.43. The predicted octanol–water partition coefficient (Wildman–Crippen LogP) is 6.36. The highest BCUT2D eigenvalue weighted by molar-refractivity contribution is 7.89. The number of halogens is 1. The van der Waals surface area contributed by atoms with E-state index >= 15 is 0 Å². The Morgan fingerprint density at radius 1 is 0.867 bits per heavy atom. The molecule has 2 aliphatic carbocycles. The van der Waals surface area contributed by atoms with Gasteiger partial charge in [0.15, 0.2) is 0 Å². The van der Waals surface area contributed by atoms with Gasteiger partial charge in [-0.05, 0) is 92.3 Å². The number of nitrogens with zero attached hydrogens (tertiary/aromatic N) is 1. The van der Waals surface area contributed by atoms with E-state index < -0.39 is 16.1 Å². The first-order chi connectivity index (χ1) is 21.8. The van der Waals surface area contributed by atoms with Gasteiger partial charge in [-0.3, -0.25) is 9.59 Å². The van der Waals surface area contributed by atoms with E-state index in [0.717, 1.165) is 48.8 Å². The molecule has 2 N–H and O–H groups in total. The summed E-state index contributed by atoms with van der Waals surface area (Å²) in [6, 6.07) is 23.1. The Bertz CT molecular complexity index is 1570. The number of amides is 2. The van der Waals surface area contributed by atoms with Crippen LogP contribution in [-0.4, -0.2) is 43.8 Å². The third kappa shape index (κ3) is 10.0. The number of carbonyl (C=O) groups is 2. The molecule has 0 saturated heterocycles. The van der Waals surface area contributed by atoms with Crippen molar-refractivity contribution in [3.63, 3.8) is 0 Å². The Morgan fingerprint density at radius 3 is 2.24 bits per heavy atom. The molecule has 2 amide bonds. The second-order valence-corrected chi connectivity index (χ2v) is 14.2. The number of aryl methyl sites for hydroxylation is 1. The lowest BCUT2D eigenvalue weighted by atomic mass is 9.97. The van der Waals surface area contributed by atoms with E-state index in [9.17, 15) is 18.0 Å². The van der Waals surface area contributed by atoms with Gasteiger partial charge in [0.05, 0.1) is 4.90 Å². The van der Waals surface area contributed by atoms with E-state index in [2.05, 4.69) is 16.1 Å². The molecule has 9 heteroatoms. The van der Waals surface area contributed by atoms with E-state index in [-0.39, 0.29) is 35.7 Å². The zero-order valence-corrected chi connectivity index (χ0v) is 27.2. The van der Waals surface area contributed by atoms with Crippen molar-refractivity contribution in [2.45, 2.75) is 87.7 Å². The maximum absolute atomic E-state index is 14.0. The predicted molar refractivity (Wildman–Crippen MR) is 178 cm³/mol. The minimum absolute atomic E-state index is 0.0318. The zero-order chi connectivity index (χ0) is 31.6. The minimum atomic E-state index is -3.54. The van der Waals surface area contributed by atoms with Crippen molar-refractivity contribution in [2.75, 3.05) is 6.54 Å². The molecule has 0 radical (unpaired) electrons. The van der Waals surface area contributed by atoms with Crippen molar-refractivity contribution in [3.05, 3.63) is 112 Å². The first-order valence-corrected chi connectivity index (χ1v) is 17.8. The molecular weight excluding hydrogens is 606 g/mol. The van der Waals surface area contributed by atoms with Crippen LogP contribution in [0.2, 0.25) is 5.02 Å². The quantitative estimate of drug-likeness (QED) is 0.188. The van der Waals surface area contributed by atoms with E-state index in [1.54, 1.807) is 41.3 Å². The van der Waals surface area contributed by atoms with Gasteiger partial charge in [-0.1, -0.05) is 77.8 Å². The molecule has 3 aromatic rings. The van der Waals surface area contributed by atoms with Crippen molar-refractivity contribution in [2.24, 2.45) is 0 Å². The molecule has 0 heterocycles. The molecule has 3 aromatic carbocycles. The normalized spacial score (nSPS) is 15.6. The number of hydrogen-bond acceptors (Lipinski definition) is 4. The number of allylic oxidation sites excluding steroid dienone is 1. The molecule has 2 aliphatic rings. The summed E-state index contributed by atoms with van der Waals surface area (Å²) >= 11 is 6.15. The van der Waals surface area contributed by atoms with Crippen LogP contribution in [-0.2, 0) is 39.0 Å². The maximum Gasteiger partial charge on any atom is 0.243 e. The second-order valence-electron chi connectivity index (χ2n) is 12.0. The molecule has 45 heavy (non-hydrogen) atoms. The number of benzene rings is 3. The lowest BCUT2D eigenvalue weighted by Crippen LogP contribution is -2.50. The van der Waals surface area contributed by atoms with Gasteiger partial charge in [0.1, 0.15) is 6.04 Å². The summed E-state index contributed by atoms with van der Waals surface area (Å²) in [5, 5.41) is 3.74. The molecule has 0 spiro atoms. The Morgan fingerprint density at radius 2 is 1.58 bits per heavy atom. The standard InChI is InChI=1S/C36H42ClN3O4S/c37-31-16-11-30(12-17-31)26-40(35(41)22-15-28-13-20-33(21-14-28)45(43,44)39-32-18-19-32)34(25-29-9-5-2-6-10-29)36(42)38-24-23-27-7-3-1-4-8-27/h2,5-7,9-14,16-17,20-21,32,34,39H,1,3-4,8,15,18-19,22-26H2,(H,38,42)/t34-/m1/s1. The number of sulfonamides is 1. The van der Waals surface area contributed by atoms with Gasteiger partial charge in [0.2, 0.25) is 21.8 Å². The number of nitrogens with one attached hydrogen (secondary N) is 2. The van der Waals surface area contributed by atoms with Crippen LogP contribution in [0.3, 0.4) is 0 Å². The van der Waals surface area contributed by atoms with Gasteiger partial charge >= 0.3 is 0 Å². The molecule has 0 aliphatic heterocycles. The summed E-state index contributed by atoms with van der Waals surface area (Å²) in [5.41, 5.74) is 4.09. The number of rotatable bonds is 15. The fourth-order valence-corrected chi connectivity index (χ4v) is 7.09. The number of carbonyl (C=O) groups excluding carboxylic acids is 2. The van der Waals surface area contributed by atoms with Gasteiger partial charge in [-0.15, -0.1) is 0 Å². The average Bonchev–Trinajstić information content (AvgIpc) is 3.87. The van der Waals surface area contributed by atoms with Gasteiger partial charge in [-0.2, -0.15) is 0 Å². The highest BCUT2D eigenvalue weighted by Crippen LogP contribution is 2.23. The number of hydrogen-bond donors (Lipinski definition) is 2. The largest absolute Gasteiger partial charge is 0.354 e. The average molecular weight is 648 g/mol. The highest BCUT2D eigenvalue weighted by Gasteiger charge is 2.31. The van der Waals surface area contributed by atoms with Gasteiger partial charge in [-0.25, -0.2) is 13.1 Å². The summed E-state index contributed by atoms with van der Waals surface area (Å²) < 4.78 is 27.8. The lowest BCUT2D eigenvalue weighted by molar-refractivity contribution is -0.141. The van der Waals surface area contributed by atoms with E-state index in [4.69, 9.17) is 11.6 Å². The maximum atomic E-state index is 14.0. The summed E-state index contributed by atoms with van der Waals surface area (Å²) in [7, 11) is -3.54. The molecule has 0 bridgehead atoms. The fourth-order valence-electron chi connectivity index (χ4n) is 5.66. The van der Waals surface area contributed by atoms with Crippen LogP contribution < -0.4 is 10.0 Å². The van der Waals surface area contributed by atoms with Crippen LogP contribution in [0.5, 0.6) is 0 Å². The van der Waals surface area contributed by atoms with E-state index in [0.29, 0.717) is 24.4 Å². The lowest BCUT2D eigenvalue weighted by Gasteiger charge is -2.32. The fraction of sp³-hybridized carbons (Fsp3) is 0.389. The highest BCUT2D eigenvalue weighted by atomic mass is 35.5. The summed E-state index contributed by atoms with van der Waals surface area (Å²) in [6.45, 7) is 0.792. The Balaban J connectivity index is 1.32.